The molecule has 1 aromatic heterocycles. The van der Waals surface area contributed by atoms with E-state index in [9.17, 15) is 4.79 Å². The van der Waals surface area contributed by atoms with Crippen LogP contribution >= 0.6 is 0 Å². The molecule has 0 unspecified atom stereocenters. The lowest BCUT2D eigenvalue weighted by molar-refractivity contribution is 0.0690. The minimum Gasteiger partial charge on any atom is -0.493 e. The van der Waals surface area contributed by atoms with E-state index in [2.05, 4.69) is 4.98 Å². The molecule has 0 saturated heterocycles. The van der Waals surface area contributed by atoms with Gasteiger partial charge in [0.1, 0.15) is 5.75 Å². The van der Waals surface area contributed by atoms with E-state index in [1.165, 1.54) is 6.07 Å². The lowest BCUT2D eigenvalue weighted by Crippen LogP contribution is -2.03. The summed E-state index contributed by atoms with van der Waals surface area (Å²) in [6.07, 6.45) is 0. The number of aromatic nitrogens is 1. The summed E-state index contributed by atoms with van der Waals surface area (Å²) in [5, 5.41) is 9.85. The summed E-state index contributed by atoms with van der Waals surface area (Å²) >= 11 is 0. The van der Waals surface area contributed by atoms with Crippen LogP contribution in [-0.2, 0) is 0 Å². The lowest BCUT2D eigenvalue weighted by Gasteiger charge is -2.09. The quantitative estimate of drug-likeness (QED) is 0.882. The van der Waals surface area contributed by atoms with E-state index in [1.54, 1.807) is 0 Å². The number of aryl methyl sites for hydroxylation is 1. The molecular weight excluding hydrogens is 218 g/mol. The van der Waals surface area contributed by atoms with E-state index in [-0.39, 0.29) is 5.69 Å². The van der Waals surface area contributed by atoms with Gasteiger partial charge in [-0.2, -0.15) is 0 Å². The Labute approximate surface area is 98.9 Å². The Morgan fingerprint density at radius 2 is 2.24 bits per heavy atom. The van der Waals surface area contributed by atoms with Crippen molar-refractivity contribution in [3.05, 3.63) is 35.5 Å². The Hall–Kier alpha value is -2.10. The van der Waals surface area contributed by atoms with Crippen molar-refractivity contribution < 1.29 is 14.6 Å². The van der Waals surface area contributed by atoms with Gasteiger partial charge in [-0.15, -0.1) is 0 Å². The minimum atomic E-state index is -1.05. The van der Waals surface area contributed by atoms with Gasteiger partial charge in [-0.05, 0) is 25.5 Å². The van der Waals surface area contributed by atoms with Crippen LogP contribution in [0.2, 0.25) is 0 Å². The number of ether oxygens (including phenoxy) is 1. The van der Waals surface area contributed by atoms with Crippen molar-refractivity contribution in [1.29, 1.82) is 0 Å². The molecule has 0 fully saturated rings. The number of nitrogens with zero attached hydrogens (tertiary/aromatic N) is 1. The monoisotopic (exact) mass is 231 g/mol. The summed E-state index contributed by atoms with van der Waals surface area (Å²) in [6.45, 7) is 4.26. The van der Waals surface area contributed by atoms with E-state index >= 15 is 0 Å². The zero-order valence-corrected chi connectivity index (χ0v) is 9.73. The van der Waals surface area contributed by atoms with Gasteiger partial charge in [0.2, 0.25) is 0 Å². The van der Waals surface area contributed by atoms with E-state index in [0.29, 0.717) is 17.9 Å². The van der Waals surface area contributed by atoms with Gasteiger partial charge in [0.25, 0.3) is 0 Å². The van der Waals surface area contributed by atoms with Gasteiger partial charge in [-0.1, -0.05) is 12.1 Å². The fraction of sp³-hybridized carbons (Fsp3) is 0.231. The molecule has 0 radical (unpaired) electrons. The first-order valence-electron chi connectivity index (χ1n) is 5.40. The first-order chi connectivity index (χ1) is 8.13. The number of para-hydroxylation sites is 1. The Balaban J connectivity index is 2.76. The van der Waals surface area contributed by atoms with Crippen molar-refractivity contribution in [3.63, 3.8) is 0 Å². The number of carboxylic acid groups (broad SMARTS) is 1. The maximum Gasteiger partial charge on any atom is 0.354 e. The number of fused-ring (bicyclic) bond motifs is 1. The molecule has 0 atom stereocenters. The van der Waals surface area contributed by atoms with Crippen molar-refractivity contribution in [3.8, 4) is 5.75 Å². The van der Waals surface area contributed by atoms with Crippen LogP contribution in [0.1, 0.15) is 23.0 Å². The highest BCUT2D eigenvalue weighted by atomic mass is 16.5. The number of aromatic carboxylic acids is 1. The molecule has 2 aromatic rings. The number of pyridine rings is 1. The lowest BCUT2D eigenvalue weighted by atomic mass is 10.1. The second kappa shape index (κ2) is 4.41. The van der Waals surface area contributed by atoms with E-state index in [1.807, 2.05) is 32.0 Å². The molecule has 0 aliphatic heterocycles. The molecule has 88 valence electrons. The molecule has 4 nitrogen and oxygen atoms in total. The largest absolute Gasteiger partial charge is 0.493 e. The summed E-state index contributed by atoms with van der Waals surface area (Å²) < 4.78 is 5.46. The van der Waals surface area contributed by atoms with Gasteiger partial charge in [0.05, 0.1) is 12.1 Å². The first-order valence-corrected chi connectivity index (χ1v) is 5.40. The van der Waals surface area contributed by atoms with Crippen LogP contribution in [0, 0.1) is 6.92 Å². The third-order valence-electron chi connectivity index (χ3n) is 2.52. The van der Waals surface area contributed by atoms with Crippen molar-refractivity contribution in [2.45, 2.75) is 13.8 Å². The average molecular weight is 231 g/mol. The first kappa shape index (κ1) is 11.4. The maximum absolute atomic E-state index is 11.0. The van der Waals surface area contributed by atoms with Crippen molar-refractivity contribution in [1.82, 2.24) is 4.98 Å². The SMILES string of the molecule is CCOc1cc(C(=O)O)nc2c(C)cccc12. The van der Waals surface area contributed by atoms with Crippen LogP contribution in [0.25, 0.3) is 10.9 Å². The van der Waals surface area contributed by atoms with E-state index < -0.39 is 5.97 Å². The number of hydrogen-bond donors (Lipinski definition) is 1. The summed E-state index contributed by atoms with van der Waals surface area (Å²) in [5.74, 6) is -0.477. The predicted octanol–water partition coefficient (Wildman–Crippen LogP) is 2.64. The Bertz CT molecular complexity index is 578. The number of carbonyl (C=O) groups is 1. The predicted molar refractivity (Wildman–Crippen MR) is 64.6 cm³/mol. The Kier molecular flexibility index (Phi) is 2.95. The summed E-state index contributed by atoms with van der Waals surface area (Å²) in [6, 6.07) is 7.15. The number of carboxylic acids is 1. The van der Waals surface area contributed by atoms with Gasteiger partial charge >= 0.3 is 5.97 Å². The zero-order valence-electron chi connectivity index (χ0n) is 9.73. The summed E-state index contributed by atoms with van der Waals surface area (Å²) in [4.78, 5) is 15.1. The third kappa shape index (κ3) is 2.06. The van der Waals surface area contributed by atoms with E-state index in [4.69, 9.17) is 9.84 Å². The van der Waals surface area contributed by atoms with Crippen LogP contribution in [0.5, 0.6) is 5.75 Å². The molecule has 4 heteroatoms. The van der Waals surface area contributed by atoms with Crippen LogP contribution < -0.4 is 4.74 Å². The van der Waals surface area contributed by atoms with Gasteiger partial charge in [-0.3, -0.25) is 0 Å². The molecule has 0 saturated carbocycles. The van der Waals surface area contributed by atoms with Gasteiger partial charge in [-0.25, -0.2) is 9.78 Å². The van der Waals surface area contributed by atoms with Crippen LogP contribution in [0.4, 0.5) is 0 Å². The standard InChI is InChI=1S/C13H13NO3/c1-3-17-11-7-10(13(15)16)14-12-8(2)5-4-6-9(11)12/h4-7H,3H2,1-2H3,(H,15,16). The molecule has 1 N–H and O–H groups in total. The summed E-state index contributed by atoms with van der Waals surface area (Å²) in [7, 11) is 0. The summed E-state index contributed by atoms with van der Waals surface area (Å²) in [5.41, 5.74) is 1.62. The molecule has 0 spiro atoms. The second-order valence-corrected chi connectivity index (χ2v) is 3.71. The fourth-order valence-electron chi connectivity index (χ4n) is 1.75. The molecule has 2 rings (SSSR count). The van der Waals surface area contributed by atoms with Crippen LogP contribution in [0.15, 0.2) is 24.3 Å². The maximum atomic E-state index is 11.0. The molecular formula is C13H13NO3. The minimum absolute atomic E-state index is 0.00949. The van der Waals surface area contributed by atoms with Crippen molar-refractivity contribution in [2.24, 2.45) is 0 Å². The van der Waals surface area contributed by atoms with Gasteiger partial charge in [0, 0.05) is 11.5 Å². The van der Waals surface area contributed by atoms with Crippen molar-refractivity contribution >= 4 is 16.9 Å². The smallest absolute Gasteiger partial charge is 0.354 e. The van der Waals surface area contributed by atoms with Gasteiger partial charge in [0.15, 0.2) is 5.69 Å². The molecule has 1 aromatic carbocycles. The average Bonchev–Trinajstić information content (AvgIpc) is 2.30. The normalized spacial score (nSPS) is 10.5. The molecule has 1 heterocycles. The zero-order chi connectivity index (χ0) is 12.4. The van der Waals surface area contributed by atoms with Gasteiger partial charge < -0.3 is 9.84 Å². The van der Waals surface area contributed by atoms with E-state index in [0.717, 1.165) is 10.9 Å². The Morgan fingerprint density at radius 3 is 2.88 bits per heavy atom. The molecule has 0 aliphatic carbocycles. The number of rotatable bonds is 3. The third-order valence-corrected chi connectivity index (χ3v) is 2.52. The number of hydrogen-bond acceptors (Lipinski definition) is 3. The topological polar surface area (TPSA) is 59.4 Å². The molecule has 0 amide bonds. The molecule has 17 heavy (non-hydrogen) atoms. The second-order valence-electron chi connectivity index (χ2n) is 3.71. The van der Waals surface area contributed by atoms with Crippen LogP contribution in [-0.4, -0.2) is 22.7 Å². The molecule has 0 aliphatic rings. The van der Waals surface area contributed by atoms with Crippen LogP contribution in [0.3, 0.4) is 0 Å². The fourth-order valence-corrected chi connectivity index (χ4v) is 1.75. The highest BCUT2D eigenvalue weighted by Crippen LogP contribution is 2.27. The molecule has 0 bridgehead atoms. The number of benzene rings is 1. The van der Waals surface area contributed by atoms with Crippen molar-refractivity contribution in [2.75, 3.05) is 6.61 Å². The Morgan fingerprint density at radius 1 is 1.47 bits per heavy atom. The highest BCUT2D eigenvalue weighted by Gasteiger charge is 2.12. The highest BCUT2D eigenvalue weighted by molar-refractivity contribution is 5.94.